The van der Waals surface area contributed by atoms with Gasteiger partial charge in [0, 0.05) is 45.7 Å². The van der Waals surface area contributed by atoms with E-state index in [9.17, 15) is 0 Å². The number of hydrogen-bond donors (Lipinski definition) is 2. The average Bonchev–Trinajstić information content (AvgIpc) is 2.65. The Hall–Kier alpha value is -1.79. The fourth-order valence-electron chi connectivity index (χ4n) is 3.23. The van der Waals surface area contributed by atoms with E-state index >= 15 is 0 Å². The number of guanidine groups is 1. The number of nitrogens with one attached hydrogen (secondary N) is 2. The lowest BCUT2D eigenvalue weighted by molar-refractivity contribution is 0.0389. The smallest absolute Gasteiger partial charge is 0.191 e. The van der Waals surface area contributed by atoms with Crippen molar-refractivity contribution in [3.8, 4) is 5.75 Å². The molecule has 0 saturated carbocycles. The van der Waals surface area contributed by atoms with E-state index in [-0.39, 0.29) is 0 Å². The first-order chi connectivity index (χ1) is 11.9. The summed E-state index contributed by atoms with van der Waals surface area (Å²) in [5, 5.41) is 6.86. The molecule has 0 bridgehead atoms. The van der Waals surface area contributed by atoms with Crippen molar-refractivity contribution in [3.05, 3.63) is 29.8 Å². The van der Waals surface area contributed by atoms with E-state index in [1.807, 2.05) is 13.1 Å². The number of nitrogens with zero attached hydrogens (tertiary/aromatic N) is 2. The maximum Gasteiger partial charge on any atom is 0.191 e. The molecular formula is C18H28N4O2. The van der Waals surface area contributed by atoms with Gasteiger partial charge in [-0.3, -0.25) is 9.89 Å². The van der Waals surface area contributed by atoms with Gasteiger partial charge in [0.1, 0.15) is 5.75 Å². The molecule has 1 saturated heterocycles. The lowest BCUT2D eigenvalue weighted by Crippen LogP contribution is -2.45. The average molecular weight is 332 g/mol. The molecule has 132 valence electrons. The Labute approximate surface area is 144 Å². The molecule has 0 amide bonds. The first-order valence-electron chi connectivity index (χ1n) is 8.83. The van der Waals surface area contributed by atoms with Crippen LogP contribution in [-0.4, -0.2) is 70.5 Å². The zero-order valence-corrected chi connectivity index (χ0v) is 14.5. The molecule has 0 aliphatic carbocycles. The van der Waals surface area contributed by atoms with E-state index in [0.717, 1.165) is 70.7 Å². The largest absolute Gasteiger partial charge is 0.493 e. The van der Waals surface area contributed by atoms with Crippen molar-refractivity contribution in [1.82, 2.24) is 15.5 Å². The van der Waals surface area contributed by atoms with Gasteiger partial charge in [-0.05, 0) is 18.1 Å². The number of rotatable bonds is 5. The van der Waals surface area contributed by atoms with Crippen LogP contribution in [0, 0.1) is 0 Å². The van der Waals surface area contributed by atoms with Crippen LogP contribution in [0.4, 0.5) is 0 Å². The lowest BCUT2D eigenvalue weighted by atomic mass is 9.93. The van der Waals surface area contributed by atoms with Crippen molar-refractivity contribution < 1.29 is 9.47 Å². The number of fused-ring (bicyclic) bond motifs is 1. The number of para-hydroxylation sites is 1. The predicted octanol–water partition coefficient (Wildman–Crippen LogP) is 1.05. The van der Waals surface area contributed by atoms with Gasteiger partial charge in [-0.1, -0.05) is 18.2 Å². The summed E-state index contributed by atoms with van der Waals surface area (Å²) in [6, 6.07) is 8.32. The zero-order valence-electron chi connectivity index (χ0n) is 14.5. The van der Waals surface area contributed by atoms with Crippen molar-refractivity contribution in [2.75, 3.05) is 59.6 Å². The van der Waals surface area contributed by atoms with Crippen LogP contribution in [0.15, 0.2) is 29.3 Å². The van der Waals surface area contributed by atoms with Crippen LogP contribution in [0.25, 0.3) is 0 Å². The fraction of sp³-hybridized carbons (Fsp3) is 0.611. The minimum Gasteiger partial charge on any atom is -0.493 e. The van der Waals surface area contributed by atoms with Crippen LogP contribution in [0.2, 0.25) is 0 Å². The molecule has 1 fully saturated rings. The molecule has 0 aromatic heterocycles. The minimum atomic E-state index is 0.466. The highest BCUT2D eigenvalue weighted by Crippen LogP contribution is 2.32. The third-order valence-electron chi connectivity index (χ3n) is 4.65. The van der Waals surface area contributed by atoms with Gasteiger partial charge in [0.25, 0.3) is 0 Å². The predicted molar refractivity (Wildman–Crippen MR) is 95.9 cm³/mol. The molecular weight excluding hydrogens is 304 g/mol. The summed E-state index contributed by atoms with van der Waals surface area (Å²) >= 11 is 0. The van der Waals surface area contributed by atoms with E-state index in [4.69, 9.17) is 9.47 Å². The van der Waals surface area contributed by atoms with Crippen LogP contribution in [0.5, 0.6) is 5.75 Å². The molecule has 0 radical (unpaired) electrons. The standard InChI is InChI=1S/C18H28N4O2/c1-19-18(20-7-8-22-9-12-23-13-10-22)21-14-15-6-11-24-17-5-3-2-4-16(15)17/h2-5,15H,6-14H2,1H3,(H2,19,20,21)/t15-/m1/s1. The summed E-state index contributed by atoms with van der Waals surface area (Å²) in [4.78, 5) is 6.75. The van der Waals surface area contributed by atoms with Gasteiger partial charge in [0.15, 0.2) is 5.96 Å². The highest BCUT2D eigenvalue weighted by Gasteiger charge is 2.21. The van der Waals surface area contributed by atoms with Crippen molar-refractivity contribution in [3.63, 3.8) is 0 Å². The number of aliphatic imine (C=N–C) groups is 1. The van der Waals surface area contributed by atoms with Crippen molar-refractivity contribution in [1.29, 1.82) is 0 Å². The first-order valence-corrected chi connectivity index (χ1v) is 8.83. The Bertz CT molecular complexity index is 544. The molecule has 0 unspecified atom stereocenters. The third-order valence-corrected chi connectivity index (χ3v) is 4.65. The maximum absolute atomic E-state index is 5.73. The fourth-order valence-corrected chi connectivity index (χ4v) is 3.23. The number of hydrogen-bond acceptors (Lipinski definition) is 4. The van der Waals surface area contributed by atoms with Crippen molar-refractivity contribution in [2.45, 2.75) is 12.3 Å². The highest BCUT2D eigenvalue weighted by molar-refractivity contribution is 5.79. The molecule has 1 atom stereocenters. The molecule has 6 nitrogen and oxygen atoms in total. The Balaban J connectivity index is 1.43. The second kappa shape index (κ2) is 8.89. The molecule has 1 aromatic rings. The van der Waals surface area contributed by atoms with Crippen LogP contribution in [-0.2, 0) is 4.74 Å². The van der Waals surface area contributed by atoms with E-state index in [2.05, 4.69) is 38.7 Å². The van der Waals surface area contributed by atoms with Crippen LogP contribution in [0.3, 0.4) is 0 Å². The topological polar surface area (TPSA) is 58.1 Å². The van der Waals surface area contributed by atoms with Gasteiger partial charge < -0.3 is 20.1 Å². The second-order valence-corrected chi connectivity index (χ2v) is 6.21. The van der Waals surface area contributed by atoms with Gasteiger partial charge in [-0.2, -0.15) is 0 Å². The molecule has 2 heterocycles. The van der Waals surface area contributed by atoms with E-state index in [1.54, 1.807) is 0 Å². The monoisotopic (exact) mass is 332 g/mol. The highest BCUT2D eigenvalue weighted by atomic mass is 16.5. The van der Waals surface area contributed by atoms with Crippen LogP contribution >= 0.6 is 0 Å². The van der Waals surface area contributed by atoms with E-state index in [1.165, 1.54) is 5.56 Å². The Kier molecular flexibility index (Phi) is 6.32. The van der Waals surface area contributed by atoms with Gasteiger partial charge in [-0.25, -0.2) is 0 Å². The van der Waals surface area contributed by atoms with Crippen LogP contribution in [0.1, 0.15) is 17.9 Å². The zero-order chi connectivity index (χ0) is 16.6. The van der Waals surface area contributed by atoms with Gasteiger partial charge in [-0.15, -0.1) is 0 Å². The molecule has 3 rings (SSSR count). The number of ether oxygens (including phenoxy) is 2. The SMILES string of the molecule is CN=C(NCCN1CCOCC1)NC[C@H]1CCOc2ccccc21. The summed E-state index contributed by atoms with van der Waals surface area (Å²) in [6.45, 7) is 7.30. The molecule has 0 spiro atoms. The van der Waals surface area contributed by atoms with Gasteiger partial charge in [0.05, 0.1) is 19.8 Å². The van der Waals surface area contributed by atoms with Crippen LogP contribution < -0.4 is 15.4 Å². The van der Waals surface area contributed by atoms with Gasteiger partial charge in [0.2, 0.25) is 0 Å². The molecule has 1 aromatic carbocycles. The number of morpholine rings is 1. The Morgan fingerprint density at radius 2 is 2.04 bits per heavy atom. The maximum atomic E-state index is 5.73. The summed E-state index contributed by atoms with van der Waals surface area (Å²) in [5.41, 5.74) is 1.29. The normalized spacial score (nSPS) is 21.7. The van der Waals surface area contributed by atoms with Gasteiger partial charge >= 0.3 is 0 Å². The van der Waals surface area contributed by atoms with Crippen molar-refractivity contribution in [2.24, 2.45) is 4.99 Å². The van der Waals surface area contributed by atoms with E-state index in [0.29, 0.717) is 5.92 Å². The summed E-state index contributed by atoms with van der Waals surface area (Å²) in [7, 11) is 1.82. The molecule has 2 N–H and O–H groups in total. The first kappa shape index (κ1) is 17.0. The summed E-state index contributed by atoms with van der Waals surface area (Å²) in [5.74, 6) is 2.35. The minimum absolute atomic E-state index is 0.466. The quantitative estimate of drug-likeness (QED) is 0.623. The van der Waals surface area contributed by atoms with Crippen molar-refractivity contribution >= 4 is 5.96 Å². The summed E-state index contributed by atoms with van der Waals surface area (Å²) < 4.78 is 11.1. The third kappa shape index (κ3) is 4.61. The lowest BCUT2D eigenvalue weighted by Gasteiger charge is -2.28. The molecule has 2 aliphatic heterocycles. The molecule has 24 heavy (non-hydrogen) atoms. The Morgan fingerprint density at radius 3 is 2.88 bits per heavy atom. The summed E-state index contributed by atoms with van der Waals surface area (Å²) in [6.07, 6.45) is 1.04. The second-order valence-electron chi connectivity index (χ2n) is 6.21. The molecule has 6 heteroatoms. The Morgan fingerprint density at radius 1 is 1.21 bits per heavy atom. The molecule has 2 aliphatic rings. The number of benzene rings is 1. The van der Waals surface area contributed by atoms with E-state index < -0.39 is 0 Å².